The Balaban J connectivity index is 1.45. The van der Waals surface area contributed by atoms with Crippen LogP contribution < -0.4 is 10.5 Å². The molecule has 0 saturated carbocycles. The first-order valence-corrected chi connectivity index (χ1v) is 11.5. The number of benzene rings is 2. The fourth-order valence-corrected chi connectivity index (χ4v) is 4.52. The quantitative estimate of drug-likeness (QED) is 0.445. The first-order chi connectivity index (χ1) is 17.1. The van der Waals surface area contributed by atoms with E-state index in [4.69, 9.17) is 10.5 Å². The lowest BCUT2D eigenvalue weighted by Gasteiger charge is -2.33. The maximum atomic E-state index is 13.6. The van der Waals surface area contributed by atoms with Gasteiger partial charge in [0.2, 0.25) is 0 Å². The summed E-state index contributed by atoms with van der Waals surface area (Å²) in [6, 6.07) is 18.4. The molecule has 178 valence electrons. The number of likely N-dealkylation sites (tertiary alicyclic amines) is 1. The highest BCUT2D eigenvalue weighted by molar-refractivity contribution is 5.77. The number of carbonyl (C=O) groups is 1. The molecule has 8 nitrogen and oxygen atoms in total. The third-order valence-corrected chi connectivity index (χ3v) is 6.18. The van der Waals surface area contributed by atoms with Gasteiger partial charge < -0.3 is 15.0 Å². The van der Waals surface area contributed by atoms with Gasteiger partial charge in [-0.15, -0.1) is 0 Å². The Hall–Kier alpha value is -4.11. The molecule has 2 aromatic heterocycles. The Morgan fingerprint density at radius 1 is 1.03 bits per heavy atom. The predicted octanol–water partition coefficient (Wildman–Crippen LogP) is 4.44. The molecule has 1 aliphatic heterocycles. The van der Waals surface area contributed by atoms with Crippen LogP contribution in [-0.2, 0) is 6.54 Å². The molecule has 1 saturated heterocycles. The average Bonchev–Trinajstić information content (AvgIpc) is 3.31. The number of ether oxygens (including phenoxy) is 1. The van der Waals surface area contributed by atoms with E-state index in [1.54, 1.807) is 18.2 Å². The molecule has 0 aliphatic carbocycles. The molecule has 1 aliphatic rings. The van der Waals surface area contributed by atoms with Crippen LogP contribution in [0.25, 0.3) is 22.6 Å². The molecule has 0 bridgehead atoms. The summed E-state index contributed by atoms with van der Waals surface area (Å²) in [7, 11) is 0. The summed E-state index contributed by atoms with van der Waals surface area (Å²) in [5.41, 5.74) is 9.18. The fourth-order valence-electron chi connectivity index (χ4n) is 4.52. The van der Waals surface area contributed by atoms with Crippen LogP contribution in [0.5, 0.6) is 6.01 Å². The highest BCUT2D eigenvalue weighted by Crippen LogP contribution is 2.35. The number of rotatable bonds is 6. The number of amides is 1. The number of hydrogen-bond acceptors (Lipinski definition) is 6. The second kappa shape index (κ2) is 10.0. The summed E-state index contributed by atoms with van der Waals surface area (Å²) in [6.07, 6.45) is 4.21. The summed E-state index contributed by atoms with van der Waals surface area (Å²) < 4.78 is 20.6. The summed E-state index contributed by atoms with van der Waals surface area (Å²) in [5, 5.41) is 0. The average molecular weight is 473 g/mol. The zero-order valence-electron chi connectivity index (χ0n) is 19.0. The topological polar surface area (TPSA) is 99.2 Å². The van der Waals surface area contributed by atoms with E-state index < -0.39 is 6.09 Å². The number of nitrogens with two attached hydrogens (primary N) is 1. The van der Waals surface area contributed by atoms with Crippen molar-refractivity contribution in [2.24, 2.45) is 5.73 Å². The van der Waals surface area contributed by atoms with E-state index in [-0.39, 0.29) is 17.9 Å². The van der Waals surface area contributed by atoms with Crippen molar-refractivity contribution in [2.45, 2.75) is 25.4 Å². The highest BCUT2D eigenvalue weighted by Gasteiger charge is 2.26. The number of hydrogen-bond donors (Lipinski definition) is 1. The largest absolute Gasteiger partial charge is 0.412 e. The number of piperidine rings is 1. The van der Waals surface area contributed by atoms with E-state index in [1.165, 1.54) is 23.9 Å². The van der Waals surface area contributed by atoms with E-state index in [2.05, 4.69) is 48.7 Å². The van der Waals surface area contributed by atoms with E-state index in [1.807, 2.05) is 12.4 Å². The molecule has 5 rings (SSSR count). The molecule has 4 aromatic rings. The molecule has 2 N–H and O–H groups in total. The van der Waals surface area contributed by atoms with Gasteiger partial charge >= 0.3 is 12.1 Å². The number of primary amides is 1. The van der Waals surface area contributed by atoms with Crippen LogP contribution in [0.3, 0.4) is 0 Å². The van der Waals surface area contributed by atoms with Gasteiger partial charge in [0.15, 0.2) is 0 Å². The highest BCUT2D eigenvalue weighted by atomic mass is 19.1. The lowest BCUT2D eigenvalue weighted by atomic mass is 10.0. The van der Waals surface area contributed by atoms with Crippen LogP contribution in [0.4, 0.5) is 9.18 Å². The maximum absolute atomic E-state index is 13.6. The van der Waals surface area contributed by atoms with Crippen LogP contribution >= 0.6 is 0 Å². The minimum absolute atomic E-state index is 0.134. The van der Waals surface area contributed by atoms with Crippen LogP contribution in [0.15, 0.2) is 73.2 Å². The van der Waals surface area contributed by atoms with Gasteiger partial charge in [0.05, 0.1) is 23.4 Å². The normalized spacial score (nSPS) is 14.7. The Kier molecular flexibility index (Phi) is 6.49. The molecule has 2 aromatic carbocycles. The monoisotopic (exact) mass is 472 g/mol. The molecule has 0 unspecified atom stereocenters. The molecular weight excluding hydrogens is 447 g/mol. The van der Waals surface area contributed by atoms with Crippen molar-refractivity contribution in [1.82, 2.24) is 24.4 Å². The second-order valence-corrected chi connectivity index (χ2v) is 8.49. The molecule has 0 radical (unpaired) electrons. The van der Waals surface area contributed by atoms with Crippen LogP contribution in [0.2, 0.25) is 0 Å². The fraction of sp³-hybridized carbons (Fsp3) is 0.231. The minimum Gasteiger partial charge on any atom is -0.374 e. The first-order valence-electron chi connectivity index (χ1n) is 11.5. The van der Waals surface area contributed by atoms with Crippen molar-refractivity contribution in [3.8, 4) is 28.7 Å². The zero-order valence-corrected chi connectivity index (χ0v) is 19.0. The summed E-state index contributed by atoms with van der Waals surface area (Å²) in [5.74, 6) is -0.320. The van der Waals surface area contributed by atoms with Gasteiger partial charge in [-0.2, -0.15) is 4.98 Å². The van der Waals surface area contributed by atoms with Gasteiger partial charge in [-0.1, -0.05) is 30.3 Å². The SMILES string of the molecule is NC(=O)Oc1nccc(-c2c(-c3ccc(F)cc3)ncn2C2CCN(Cc3ccccc3)CC2)n1. The van der Waals surface area contributed by atoms with Gasteiger partial charge in [0.25, 0.3) is 0 Å². The Morgan fingerprint density at radius 3 is 2.49 bits per heavy atom. The van der Waals surface area contributed by atoms with E-state index in [0.717, 1.165) is 43.7 Å². The number of halogens is 1. The standard InChI is InChI=1S/C26H25FN6O2/c27-20-8-6-19(7-9-20)23-24(22-10-13-29-26(31-22)35-25(28)34)33(17-30-23)21-11-14-32(15-12-21)16-18-4-2-1-3-5-18/h1-10,13,17,21H,11-12,14-16H2,(H2,28,34). The molecule has 1 amide bonds. The first kappa shape index (κ1) is 22.7. The number of aromatic nitrogens is 4. The third kappa shape index (κ3) is 5.20. The predicted molar refractivity (Wildman–Crippen MR) is 129 cm³/mol. The van der Waals surface area contributed by atoms with Gasteiger partial charge in [0, 0.05) is 37.4 Å². The third-order valence-electron chi connectivity index (χ3n) is 6.18. The summed E-state index contributed by atoms with van der Waals surface area (Å²) in [4.78, 5) is 26.7. The second-order valence-electron chi connectivity index (χ2n) is 8.49. The number of carbonyl (C=O) groups excluding carboxylic acids is 1. The van der Waals surface area contributed by atoms with Crippen molar-refractivity contribution in [2.75, 3.05) is 13.1 Å². The van der Waals surface area contributed by atoms with Crippen molar-refractivity contribution in [1.29, 1.82) is 0 Å². The molecular formula is C26H25FN6O2. The maximum Gasteiger partial charge on any atom is 0.412 e. The van der Waals surface area contributed by atoms with E-state index in [0.29, 0.717) is 11.4 Å². The molecule has 35 heavy (non-hydrogen) atoms. The number of nitrogens with zero attached hydrogens (tertiary/aromatic N) is 5. The van der Waals surface area contributed by atoms with Crippen molar-refractivity contribution in [3.63, 3.8) is 0 Å². The van der Waals surface area contributed by atoms with Gasteiger partial charge in [-0.25, -0.2) is 19.2 Å². The lowest BCUT2D eigenvalue weighted by Crippen LogP contribution is -2.34. The van der Waals surface area contributed by atoms with Crippen LogP contribution in [-0.4, -0.2) is 43.6 Å². The minimum atomic E-state index is -0.986. The van der Waals surface area contributed by atoms with Gasteiger partial charge in [0.1, 0.15) is 5.82 Å². The molecule has 9 heteroatoms. The summed E-state index contributed by atoms with van der Waals surface area (Å²) in [6.45, 7) is 2.82. The molecule has 0 spiro atoms. The van der Waals surface area contributed by atoms with E-state index in [9.17, 15) is 9.18 Å². The molecule has 3 heterocycles. The van der Waals surface area contributed by atoms with Crippen molar-refractivity contribution in [3.05, 3.63) is 84.6 Å². The Morgan fingerprint density at radius 2 is 1.77 bits per heavy atom. The van der Waals surface area contributed by atoms with Crippen molar-refractivity contribution < 1.29 is 13.9 Å². The smallest absolute Gasteiger partial charge is 0.374 e. The van der Waals surface area contributed by atoms with Gasteiger partial charge in [-0.05, 0) is 48.7 Å². The molecule has 1 fully saturated rings. The Bertz CT molecular complexity index is 1300. The summed E-state index contributed by atoms with van der Waals surface area (Å²) >= 11 is 0. The van der Waals surface area contributed by atoms with E-state index >= 15 is 0 Å². The zero-order chi connectivity index (χ0) is 24.2. The Labute approximate surface area is 202 Å². The molecule has 0 atom stereocenters. The van der Waals surface area contributed by atoms with Crippen molar-refractivity contribution >= 4 is 6.09 Å². The van der Waals surface area contributed by atoms with Crippen LogP contribution in [0.1, 0.15) is 24.4 Å². The van der Waals surface area contributed by atoms with Crippen LogP contribution in [0, 0.1) is 5.82 Å². The lowest BCUT2D eigenvalue weighted by molar-refractivity contribution is 0.180. The number of imidazole rings is 1. The van der Waals surface area contributed by atoms with Gasteiger partial charge in [-0.3, -0.25) is 4.90 Å².